The Labute approximate surface area is 146 Å². The molecule has 1 saturated heterocycles. The van der Waals surface area contributed by atoms with Gasteiger partial charge >= 0.3 is 11.9 Å². The van der Waals surface area contributed by atoms with Crippen molar-refractivity contribution in [3.63, 3.8) is 0 Å². The highest BCUT2D eigenvalue weighted by molar-refractivity contribution is 6.38. The maximum absolute atomic E-state index is 12.3. The number of hydrogen-bond acceptors (Lipinski definition) is 4. The van der Waals surface area contributed by atoms with E-state index in [0.717, 1.165) is 16.3 Å². The van der Waals surface area contributed by atoms with Crippen LogP contribution in [-0.2, 0) is 19.1 Å². The maximum Gasteiger partial charge on any atom is 0.351 e. The van der Waals surface area contributed by atoms with Crippen molar-refractivity contribution in [1.82, 2.24) is 4.98 Å². The predicted octanol–water partition coefficient (Wildman–Crippen LogP) is 2.62. The van der Waals surface area contributed by atoms with E-state index in [-0.39, 0.29) is 5.57 Å². The normalized spacial score (nSPS) is 16.4. The highest BCUT2D eigenvalue weighted by Crippen LogP contribution is 2.23. The van der Waals surface area contributed by atoms with E-state index in [1.807, 2.05) is 51.1 Å². The molecule has 1 aliphatic heterocycles. The summed E-state index contributed by atoms with van der Waals surface area (Å²) < 4.78 is 10.3. The van der Waals surface area contributed by atoms with Gasteiger partial charge in [0.15, 0.2) is 5.57 Å². The van der Waals surface area contributed by atoms with Crippen molar-refractivity contribution in [3.05, 3.63) is 40.5 Å². The van der Waals surface area contributed by atoms with E-state index in [1.54, 1.807) is 0 Å². The summed E-state index contributed by atoms with van der Waals surface area (Å²) in [4.78, 5) is 27.6. The lowest BCUT2D eigenvalue weighted by molar-refractivity contribution is -0.217. The zero-order valence-electron chi connectivity index (χ0n) is 15.2. The smallest absolute Gasteiger partial charge is 0.351 e. The summed E-state index contributed by atoms with van der Waals surface area (Å²) in [6, 6.07) is 5.63. The Morgan fingerprint density at radius 1 is 1.12 bits per heavy atom. The first-order valence-corrected chi connectivity index (χ1v) is 8.27. The van der Waals surface area contributed by atoms with E-state index < -0.39 is 17.7 Å². The second-order valence-corrected chi connectivity index (χ2v) is 5.80. The van der Waals surface area contributed by atoms with Crippen LogP contribution in [0.3, 0.4) is 0 Å². The Bertz CT molecular complexity index is 941. The first-order chi connectivity index (χ1) is 11.8. The van der Waals surface area contributed by atoms with Crippen LogP contribution < -0.4 is 10.7 Å². The highest BCUT2D eigenvalue weighted by atomic mass is 16.7. The quantitative estimate of drug-likeness (QED) is 0.810. The molecule has 0 spiro atoms. The second-order valence-electron chi connectivity index (χ2n) is 5.80. The van der Waals surface area contributed by atoms with Gasteiger partial charge in [0.05, 0.1) is 5.35 Å². The van der Waals surface area contributed by atoms with E-state index in [1.165, 1.54) is 13.8 Å². The third-order valence-corrected chi connectivity index (χ3v) is 3.63. The molecule has 1 fully saturated rings. The number of fused-ring (bicyclic) bond motifs is 1. The number of aromatic amines is 1. The van der Waals surface area contributed by atoms with Crippen LogP contribution in [0.25, 0.3) is 29.0 Å². The summed E-state index contributed by atoms with van der Waals surface area (Å²) in [5.41, 5.74) is 0.817. The first kappa shape index (κ1) is 18.5. The summed E-state index contributed by atoms with van der Waals surface area (Å²) >= 11 is 0. The van der Waals surface area contributed by atoms with Crippen molar-refractivity contribution in [1.29, 1.82) is 0 Å². The van der Waals surface area contributed by atoms with Gasteiger partial charge in [-0.2, -0.15) is 0 Å². The zero-order valence-corrected chi connectivity index (χ0v) is 15.2. The standard InChI is InChI=1S/C18H17NO4.C2H6/c1-5-7-11-8-6-9-12-13(11)10(2)19-15(12)14-16(20)22-18(3,4)23-17(14)21;1-2/h5-9,19H,2H2,1,3-4H3;1-2H3/b7-5-;. The summed E-state index contributed by atoms with van der Waals surface area (Å²) in [5.74, 6) is -2.67. The number of ether oxygens (including phenoxy) is 2. The SMILES string of the molecule is C=c1[nH]c(=C2C(=O)OC(C)(C)OC2=O)c2cccc(/C=C\C)c12.CC. The van der Waals surface area contributed by atoms with Crippen molar-refractivity contribution >= 4 is 40.9 Å². The second kappa shape index (κ2) is 6.97. The van der Waals surface area contributed by atoms with Gasteiger partial charge in [-0.05, 0) is 12.5 Å². The van der Waals surface area contributed by atoms with E-state index in [4.69, 9.17) is 9.47 Å². The molecular weight excluding hydrogens is 318 g/mol. The molecule has 0 atom stereocenters. The first-order valence-electron chi connectivity index (χ1n) is 8.27. The van der Waals surface area contributed by atoms with Gasteiger partial charge in [-0.25, -0.2) is 9.59 Å². The molecule has 0 amide bonds. The van der Waals surface area contributed by atoms with Gasteiger partial charge in [0.2, 0.25) is 0 Å². The molecule has 1 N–H and O–H groups in total. The van der Waals surface area contributed by atoms with Gasteiger partial charge in [-0.1, -0.05) is 50.8 Å². The summed E-state index contributed by atoms with van der Waals surface area (Å²) in [6.45, 7) is 12.9. The minimum Gasteiger partial charge on any atom is -0.419 e. The fourth-order valence-corrected chi connectivity index (χ4v) is 2.77. The number of cyclic esters (lactones) is 2. The Morgan fingerprint density at radius 3 is 2.28 bits per heavy atom. The summed E-state index contributed by atoms with van der Waals surface area (Å²) in [5, 5.41) is 2.59. The topological polar surface area (TPSA) is 68.4 Å². The molecule has 0 aliphatic carbocycles. The molecule has 132 valence electrons. The lowest BCUT2D eigenvalue weighted by Gasteiger charge is -2.29. The van der Waals surface area contributed by atoms with Crippen molar-refractivity contribution in [2.45, 2.75) is 40.4 Å². The summed E-state index contributed by atoms with van der Waals surface area (Å²) in [7, 11) is 0. The number of carbonyl (C=O) groups excluding carboxylic acids is 2. The van der Waals surface area contributed by atoms with E-state index in [9.17, 15) is 9.59 Å². The lowest BCUT2D eigenvalue weighted by Crippen LogP contribution is -2.43. The Balaban J connectivity index is 0.00000109. The van der Waals surface area contributed by atoms with E-state index >= 15 is 0 Å². The van der Waals surface area contributed by atoms with Crippen LogP contribution >= 0.6 is 0 Å². The van der Waals surface area contributed by atoms with Crippen LogP contribution in [0.2, 0.25) is 0 Å². The number of rotatable bonds is 1. The number of H-pyrrole nitrogens is 1. The summed E-state index contributed by atoms with van der Waals surface area (Å²) in [6.07, 6.45) is 3.86. The number of benzene rings is 1. The van der Waals surface area contributed by atoms with Crippen LogP contribution in [0.15, 0.2) is 24.3 Å². The van der Waals surface area contributed by atoms with Gasteiger partial charge in [-0.15, -0.1) is 0 Å². The van der Waals surface area contributed by atoms with E-state index in [0.29, 0.717) is 10.7 Å². The number of allylic oxidation sites excluding steroid dienone is 1. The fourth-order valence-electron chi connectivity index (χ4n) is 2.77. The zero-order chi connectivity index (χ0) is 18.8. The van der Waals surface area contributed by atoms with Crippen molar-refractivity contribution in [2.75, 3.05) is 0 Å². The highest BCUT2D eigenvalue weighted by Gasteiger charge is 2.40. The van der Waals surface area contributed by atoms with Gasteiger partial charge in [0.25, 0.3) is 5.79 Å². The molecule has 25 heavy (non-hydrogen) atoms. The predicted molar refractivity (Wildman–Crippen MR) is 98.8 cm³/mol. The van der Waals surface area contributed by atoms with Gasteiger partial charge in [0.1, 0.15) is 0 Å². The number of esters is 2. The molecule has 1 aliphatic rings. The number of carbonyl (C=O) groups is 2. The number of hydrogen-bond donors (Lipinski definition) is 1. The monoisotopic (exact) mass is 341 g/mol. The molecule has 3 rings (SSSR count). The minimum absolute atomic E-state index is 0.137. The molecule has 2 heterocycles. The van der Waals surface area contributed by atoms with E-state index in [2.05, 4.69) is 11.6 Å². The molecule has 1 aromatic carbocycles. The van der Waals surface area contributed by atoms with Gasteiger partial charge in [-0.3, -0.25) is 0 Å². The third kappa shape index (κ3) is 3.36. The lowest BCUT2D eigenvalue weighted by atomic mass is 10.1. The van der Waals surface area contributed by atoms with Crippen LogP contribution in [0.4, 0.5) is 0 Å². The molecule has 5 heteroatoms. The van der Waals surface area contributed by atoms with Crippen LogP contribution in [-0.4, -0.2) is 22.7 Å². The van der Waals surface area contributed by atoms with Crippen molar-refractivity contribution in [3.8, 4) is 0 Å². The molecule has 0 radical (unpaired) electrons. The number of nitrogens with one attached hydrogen (secondary N) is 1. The average Bonchev–Trinajstić information content (AvgIpc) is 2.86. The minimum atomic E-state index is -1.26. The maximum atomic E-state index is 12.3. The largest absolute Gasteiger partial charge is 0.419 e. The van der Waals surface area contributed by atoms with Gasteiger partial charge < -0.3 is 14.5 Å². The molecule has 1 aromatic heterocycles. The average molecular weight is 341 g/mol. The van der Waals surface area contributed by atoms with Crippen LogP contribution in [0, 0.1) is 0 Å². The Kier molecular flexibility index (Phi) is 5.16. The van der Waals surface area contributed by atoms with Crippen molar-refractivity contribution in [2.24, 2.45) is 0 Å². The third-order valence-electron chi connectivity index (χ3n) is 3.63. The van der Waals surface area contributed by atoms with Gasteiger partial charge in [0, 0.05) is 30.0 Å². The fraction of sp³-hybridized carbons (Fsp3) is 0.300. The van der Waals surface area contributed by atoms with Crippen LogP contribution in [0.5, 0.6) is 0 Å². The Morgan fingerprint density at radius 2 is 1.72 bits per heavy atom. The Hall–Kier alpha value is -2.82. The van der Waals surface area contributed by atoms with Crippen molar-refractivity contribution < 1.29 is 19.1 Å². The molecule has 0 bridgehead atoms. The molecule has 5 nitrogen and oxygen atoms in total. The van der Waals surface area contributed by atoms with Crippen LogP contribution in [0.1, 0.15) is 40.2 Å². The molecular formula is C20H23NO4. The number of aromatic nitrogens is 1. The molecule has 2 aromatic rings. The molecule has 0 unspecified atom stereocenters. The molecule has 0 saturated carbocycles.